The first kappa shape index (κ1) is 14.0. The first-order valence-electron chi connectivity index (χ1n) is 6.96. The summed E-state index contributed by atoms with van der Waals surface area (Å²) in [6.07, 6.45) is 0. The highest BCUT2D eigenvalue weighted by Crippen LogP contribution is 2.14. The van der Waals surface area contributed by atoms with Gasteiger partial charge in [-0.15, -0.1) is 11.3 Å². The molecule has 3 aromatic rings. The van der Waals surface area contributed by atoms with Crippen LogP contribution in [0.5, 0.6) is 0 Å². The maximum atomic E-state index is 11.9. The Bertz CT molecular complexity index is 779. The Hall–Kier alpha value is -1.98. The Balaban J connectivity index is 1.63. The van der Waals surface area contributed by atoms with Crippen LogP contribution in [0.1, 0.15) is 24.2 Å². The lowest BCUT2D eigenvalue weighted by Gasteiger charge is -2.12. The van der Waals surface area contributed by atoms with Gasteiger partial charge in [-0.05, 0) is 22.9 Å². The predicted octanol–water partition coefficient (Wildman–Crippen LogP) is 2.88. The van der Waals surface area contributed by atoms with Crippen molar-refractivity contribution in [1.82, 2.24) is 15.3 Å². The summed E-state index contributed by atoms with van der Waals surface area (Å²) in [4.78, 5) is 19.2. The van der Waals surface area contributed by atoms with Gasteiger partial charge in [0.25, 0.3) is 5.56 Å². The van der Waals surface area contributed by atoms with Crippen molar-refractivity contribution in [3.63, 3.8) is 0 Å². The van der Waals surface area contributed by atoms with E-state index in [2.05, 4.69) is 46.5 Å². The van der Waals surface area contributed by atoms with Gasteiger partial charge in [0.15, 0.2) is 0 Å². The van der Waals surface area contributed by atoms with E-state index >= 15 is 0 Å². The fourth-order valence-electron chi connectivity index (χ4n) is 2.31. The largest absolute Gasteiger partial charge is 0.309 e. The van der Waals surface area contributed by atoms with Crippen LogP contribution in [-0.4, -0.2) is 16.5 Å². The second-order valence-electron chi connectivity index (χ2n) is 5.09. The highest BCUT2D eigenvalue weighted by atomic mass is 32.1. The highest BCUT2D eigenvalue weighted by Gasteiger charge is 2.07. The number of aromatic amines is 1. The summed E-state index contributed by atoms with van der Waals surface area (Å²) < 4.78 is 0.691. The minimum atomic E-state index is -0.0529. The first-order chi connectivity index (χ1) is 10.2. The Morgan fingerprint density at radius 2 is 2.10 bits per heavy atom. The van der Waals surface area contributed by atoms with Crippen LogP contribution in [-0.2, 0) is 6.54 Å². The van der Waals surface area contributed by atoms with Crippen molar-refractivity contribution in [3.05, 3.63) is 63.5 Å². The van der Waals surface area contributed by atoms with E-state index in [1.54, 1.807) is 0 Å². The van der Waals surface area contributed by atoms with E-state index in [0.29, 0.717) is 23.0 Å². The average molecular weight is 299 g/mol. The Morgan fingerprint density at radius 3 is 2.90 bits per heavy atom. The molecule has 0 saturated carbocycles. The van der Waals surface area contributed by atoms with Gasteiger partial charge >= 0.3 is 0 Å². The van der Waals surface area contributed by atoms with Gasteiger partial charge in [0.1, 0.15) is 10.5 Å². The molecule has 0 bridgehead atoms. The molecular formula is C16H17N3OS. The van der Waals surface area contributed by atoms with Crippen LogP contribution in [0.15, 0.2) is 46.6 Å². The molecule has 0 radical (unpaired) electrons. The zero-order valence-corrected chi connectivity index (χ0v) is 12.6. The molecule has 0 aliphatic rings. The van der Waals surface area contributed by atoms with E-state index < -0.39 is 0 Å². The summed E-state index contributed by atoms with van der Waals surface area (Å²) in [7, 11) is 0. The maximum absolute atomic E-state index is 11.9. The molecule has 21 heavy (non-hydrogen) atoms. The molecule has 0 fully saturated rings. The normalized spacial score (nSPS) is 12.6. The van der Waals surface area contributed by atoms with Crippen molar-refractivity contribution in [2.45, 2.75) is 19.4 Å². The number of nitrogens with one attached hydrogen (secondary N) is 2. The number of hydrogen-bond acceptors (Lipinski definition) is 4. The van der Waals surface area contributed by atoms with Crippen molar-refractivity contribution in [2.24, 2.45) is 0 Å². The molecule has 108 valence electrons. The number of hydrogen-bond donors (Lipinski definition) is 2. The Morgan fingerprint density at radius 1 is 1.29 bits per heavy atom. The number of rotatable bonds is 5. The molecule has 0 aliphatic carbocycles. The van der Waals surface area contributed by atoms with E-state index in [1.165, 1.54) is 16.9 Å². The zero-order chi connectivity index (χ0) is 14.7. The molecule has 3 rings (SSSR count). The van der Waals surface area contributed by atoms with Crippen LogP contribution < -0.4 is 10.9 Å². The Labute approximate surface area is 126 Å². The minimum absolute atomic E-state index is 0.0529. The van der Waals surface area contributed by atoms with E-state index in [9.17, 15) is 4.79 Å². The lowest BCUT2D eigenvalue weighted by atomic mass is 10.0. The van der Waals surface area contributed by atoms with Crippen LogP contribution in [0.2, 0.25) is 0 Å². The molecule has 1 aromatic carbocycles. The van der Waals surface area contributed by atoms with Gasteiger partial charge in [0, 0.05) is 6.54 Å². The lowest BCUT2D eigenvalue weighted by Crippen LogP contribution is -2.22. The standard InChI is InChI=1S/C16H17N3OS/c1-11(12-5-3-2-4-6-12)9-17-10-14-18-13-7-8-21-15(13)16(20)19-14/h2-8,11,17H,9-10H2,1H3,(H,18,19,20). The zero-order valence-electron chi connectivity index (χ0n) is 11.8. The third kappa shape index (κ3) is 3.20. The minimum Gasteiger partial charge on any atom is -0.309 e. The highest BCUT2D eigenvalue weighted by molar-refractivity contribution is 7.17. The number of fused-ring (bicyclic) bond motifs is 1. The smallest absolute Gasteiger partial charge is 0.268 e. The van der Waals surface area contributed by atoms with Crippen molar-refractivity contribution in [2.75, 3.05) is 6.54 Å². The van der Waals surface area contributed by atoms with Gasteiger partial charge < -0.3 is 10.3 Å². The molecule has 2 heterocycles. The number of aromatic nitrogens is 2. The second-order valence-corrected chi connectivity index (χ2v) is 6.01. The van der Waals surface area contributed by atoms with Crippen LogP contribution in [0.4, 0.5) is 0 Å². The molecule has 0 amide bonds. The first-order valence-corrected chi connectivity index (χ1v) is 7.84. The lowest BCUT2D eigenvalue weighted by molar-refractivity contribution is 0.600. The van der Waals surface area contributed by atoms with E-state index in [4.69, 9.17) is 0 Å². The molecule has 1 atom stereocenters. The second kappa shape index (κ2) is 6.20. The Kier molecular flexibility index (Phi) is 4.13. The van der Waals surface area contributed by atoms with Gasteiger partial charge in [0.2, 0.25) is 0 Å². The molecule has 0 aliphatic heterocycles. The van der Waals surface area contributed by atoms with Gasteiger partial charge in [-0.2, -0.15) is 0 Å². The van der Waals surface area contributed by atoms with Crippen molar-refractivity contribution in [3.8, 4) is 0 Å². The van der Waals surface area contributed by atoms with E-state index in [1.807, 2.05) is 17.5 Å². The monoisotopic (exact) mass is 299 g/mol. The summed E-state index contributed by atoms with van der Waals surface area (Å²) in [6.45, 7) is 3.59. The van der Waals surface area contributed by atoms with Crippen LogP contribution in [0.25, 0.3) is 10.2 Å². The summed E-state index contributed by atoms with van der Waals surface area (Å²) in [5.74, 6) is 1.11. The van der Waals surface area contributed by atoms with Gasteiger partial charge in [-0.1, -0.05) is 37.3 Å². The molecule has 1 unspecified atom stereocenters. The third-order valence-electron chi connectivity index (χ3n) is 3.48. The number of thiophene rings is 1. The summed E-state index contributed by atoms with van der Waals surface area (Å²) in [6, 6.07) is 12.3. The van der Waals surface area contributed by atoms with E-state index in [0.717, 1.165) is 12.1 Å². The topological polar surface area (TPSA) is 57.8 Å². The van der Waals surface area contributed by atoms with Gasteiger partial charge in [-0.3, -0.25) is 4.79 Å². The fraction of sp³-hybridized carbons (Fsp3) is 0.250. The molecular weight excluding hydrogens is 282 g/mol. The van der Waals surface area contributed by atoms with Crippen LogP contribution >= 0.6 is 11.3 Å². The molecule has 2 aromatic heterocycles. The van der Waals surface area contributed by atoms with E-state index in [-0.39, 0.29) is 5.56 Å². The average Bonchev–Trinajstić information content (AvgIpc) is 2.97. The van der Waals surface area contributed by atoms with Crippen LogP contribution in [0, 0.1) is 0 Å². The van der Waals surface area contributed by atoms with Crippen molar-refractivity contribution >= 4 is 21.6 Å². The van der Waals surface area contributed by atoms with Gasteiger partial charge in [-0.25, -0.2) is 4.98 Å². The number of H-pyrrole nitrogens is 1. The van der Waals surface area contributed by atoms with Crippen molar-refractivity contribution < 1.29 is 0 Å². The number of benzene rings is 1. The summed E-state index contributed by atoms with van der Waals surface area (Å²) in [5.41, 5.74) is 2.03. The van der Waals surface area contributed by atoms with Gasteiger partial charge in [0.05, 0.1) is 12.1 Å². The molecule has 4 nitrogen and oxygen atoms in total. The molecule has 0 saturated heterocycles. The molecule has 0 spiro atoms. The SMILES string of the molecule is CC(CNCc1nc2ccsc2c(=O)[nH]1)c1ccccc1. The number of nitrogens with zero attached hydrogens (tertiary/aromatic N) is 1. The quantitative estimate of drug-likeness (QED) is 0.761. The fourth-order valence-corrected chi connectivity index (χ4v) is 3.04. The summed E-state index contributed by atoms with van der Waals surface area (Å²) in [5, 5.41) is 5.25. The van der Waals surface area contributed by atoms with Crippen LogP contribution in [0.3, 0.4) is 0 Å². The van der Waals surface area contributed by atoms with Crippen molar-refractivity contribution in [1.29, 1.82) is 0 Å². The predicted molar refractivity (Wildman–Crippen MR) is 86.8 cm³/mol. The summed E-state index contributed by atoms with van der Waals surface area (Å²) >= 11 is 1.42. The third-order valence-corrected chi connectivity index (χ3v) is 4.38. The molecule has 5 heteroatoms. The molecule has 2 N–H and O–H groups in total. The maximum Gasteiger partial charge on any atom is 0.268 e.